The molecule has 1 N–H and O–H groups in total. The van der Waals surface area contributed by atoms with Crippen LogP contribution < -0.4 is 0 Å². The average molecular weight is 236 g/mol. The van der Waals surface area contributed by atoms with Gasteiger partial charge in [-0.15, -0.1) is 11.3 Å². The van der Waals surface area contributed by atoms with Crippen molar-refractivity contribution in [2.75, 3.05) is 13.1 Å². The number of thiazole rings is 1. The van der Waals surface area contributed by atoms with Crippen LogP contribution in [0.3, 0.4) is 0 Å². The van der Waals surface area contributed by atoms with Crippen molar-refractivity contribution in [3.63, 3.8) is 0 Å². The Morgan fingerprint density at radius 1 is 1.56 bits per heavy atom. The van der Waals surface area contributed by atoms with Gasteiger partial charge in [0.25, 0.3) is 0 Å². The Morgan fingerprint density at radius 3 is 3.06 bits per heavy atom. The number of hydrogen-bond acceptors (Lipinski definition) is 3. The molecule has 1 aliphatic heterocycles. The Hall–Kier alpha value is -1.36. The molecule has 2 heterocycles. The highest BCUT2D eigenvalue weighted by Crippen LogP contribution is 2.41. The minimum absolute atomic E-state index is 0.410. The summed E-state index contributed by atoms with van der Waals surface area (Å²) in [5, 5.41) is 8.92. The number of amides is 1. The summed E-state index contributed by atoms with van der Waals surface area (Å²) in [5.41, 5.74) is 3.19. The van der Waals surface area contributed by atoms with Crippen LogP contribution in [0.15, 0.2) is 17.8 Å². The third-order valence-electron chi connectivity index (χ3n) is 3.41. The van der Waals surface area contributed by atoms with Gasteiger partial charge in [0.2, 0.25) is 0 Å². The zero-order valence-electron chi connectivity index (χ0n) is 8.67. The molecule has 84 valence electrons. The van der Waals surface area contributed by atoms with E-state index in [2.05, 4.69) is 11.1 Å². The first-order valence-corrected chi connectivity index (χ1v) is 6.19. The number of hydrogen-bond donors (Lipinski definition) is 1. The molecular weight excluding hydrogens is 224 g/mol. The maximum absolute atomic E-state index is 10.8. The molecule has 0 radical (unpaired) electrons. The van der Waals surface area contributed by atoms with Crippen LogP contribution >= 0.6 is 11.3 Å². The van der Waals surface area contributed by atoms with Gasteiger partial charge >= 0.3 is 6.09 Å². The SMILES string of the molecule is O=C(O)N1CC2C=C(c3cncs3)CC2C1. The minimum atomic E-state index is -0.790. The van der Waals surface area contributed by atoms with Crippen molar-refractivity contribution in [2.24, 2.45) is 11.8 Å². The van der Waals surface area contributed by atoms with E-state index >= 15 is 0 Å². The molecule has 1 fully saturated rings. The van der Waals surface area contributed by atoms with Crippen molar-refractivity contribution < 1.29 is 9.90 Å². The standard InChI is InChI=1S/C11H12N2O2S/c14-11(15)13-4-8-1-7(2-9(8)5-13)10-3-12-6-16-10/h1,3,6,8-9H,2,4-5H2,(H,14,15). The Morgan fingerprint density at radius 2 is 2.44 bits per heavy atom. The summed E-state index contributed by atoms with van der Waals surface area (Å²) < 4.78 is 0. The molecule has 16 heavy (non-hydrogen) atoms. The second-order valence-corrected chi connectivity index (χ2v) is 5.26. The highest BCUT2D eigenvalue weighted by molar-refractivity contribution is 7.10. The fourth-order valence-electron chi connectivity index (χ4n) is 2.62. The molecule has 2 aliphatic rings. The Balaban J connectivity index is 1.77. The minimum Gasteiger partial charge on any atom is -0.465 e. The molecule has 1 amide bonds. The number of fused-ring (bicyclic) bond motifs is 1. The highest BCUT2D eigenvalue weighted by Gasteiger charge is 2.38. The number of nitrogens with zero attached hydrogens (tertiary/aromatic N) is 2. The van der Waals surface area contributed by atoms with Gasteiger partial charge in [-0.2, -0.15) is 0 Å². The molecule has 2 unspecified atom stereocenters. The van der Waals surface area contributed by atoms with Crippen molar-refractivity contribution in [1.29, 1.82) is 0 Å². The van der Waals surface area contributed by atoms with Gasteiger partial charge in [0.15, 0.2) is 0 Å². The number of allylic oxidation sites excluding steroid dienone is 1. The second kappa shape index (κ2) is 3.59. The molecule has 1 aromatic heterocycles. The fourth-order valence-corrected chi connectivity index (χ4v) is 3.28. The van der Waals surface area contributed by atoms with E-state index in [1.807, 2.05) is 11.7 Å². The Kier molecular flexibility index (Phi) is 2.21. The number of carbonyl (C=O) groups is 1. The van der Waals surface area contributed by atoms with Crippen LogP contribution in [0, 0.1) is 11.8 Å². The van der Waals surface area contributed by atoms with E-state index in [0.29, 0.717) is 24.9 Å². The van der Waals surface area contributed by atoms with E-state index in [0.717, 1.165) is 6.42 Å². The zero-order valence-corrected chi connectivity index (χ0v) is 9.48. The molecular formula is C11H12N2O2S. The first-order valence-electron chi connectivity index (χ1n) is 5.31. The van der Waals surface area contributed by atoms with E-state index in [9.17, 15) is 4.79 Å². The van der Waals surface area contributed by atoms with E-state index in [-0.39, 0.29) is 0 Å². The van der Waals surface area contributed by atoms with Crippen LogP contribution in [-0.4, -0.2) is 34.2 Å². The van der Waals surface area contributed by atoms with E-state index in [1.165, 1.54) is 15.4 Å². The van der Waals surface area contributed by atoms with Gasteiger partial charge < -0.3 is 10.0 Å². The van der Waals surface area contributed by atoms with E-state index in [4.69, 9.17) is 5.11 Å². The summed E-state index contributed by atoms with van der Waals surface area (Å²) in [5.74, 6) is 0.890. The summed E-state index contributed by atoms with van der Waals surface area (Å²) in [7, 11) is 0. The lowest BCUT2D eigenvalue weighted by Gasteiger charge is -2.11. The Labute approximate surface area is 97.2 Å². The Bertz CT molecular complexity index is 441. The quantitative estimate of drug-likeness (QED) is 0.813. The van der Waals surface area contributed by atoms with Gasteiger partial charge in [-0.3, -0.25) is 4.98 Å². The number of aromatic nitrogens is 1. The summed E-state index contributed by atoms with van der Waals surface area (Å²) in [4.78, 5) is 17.7. The van der Waals surface area contributed by atoms with Gasteiger partial charge in [-0.25, -0.2) is 4.79 Å². The first-order chi connectivity index (χ1) is 7.74. The maximum atomic E-state index is 10.8. The van der Waals surface area contributed by atoms with E-state index < -0.39 is 6.09 Å². The third-order valence-corrected chi connectivity index (χ3v) is 4.26. The smallest absolute Gasteiger partial charge is 0.407 e. The molecule has 2 atom stereocenters. The first kappa shape index (κ1) is 9.84. The summed E-state index contributed by atoms with van der Waals surface area (Å²) in [6.07, 6.45) is 4.34. The maximum Gasteiger partial charge on any atom is 0.407 e. The highest BCUT2D eigenvalue weighted by atomic mass is 32.1. The van der Waals surface area contributed by atoms with Crippen molar-refractivity contribution in [2.45, 2.75) is 6.42 Å². The lowest BCUT2D eigenvalue weighted by atomic mass is 10.00. The lowest BCUT2D eigenvalue weighted by molar-refractivity contribution is 0.153. The molecule has 1 saturated heterocycles. The van der Waals surface area contributed by atoms with Crippen molar-refractivity contribution in [1.82, 2.24) is 9.88 Å². The van der Waals surface area contributed by atoms with Crippen LogP contribution in [-0.2, 0) is 0 Å². The predicted molar refractivity (Wildman–Crippen MR) is 61.3 cm³/mol. The van der Waals surface area contributed by atoms with Crippen molar-refractivity contribution >= 4 is 23.0 Å². The van der Waals surface area contributed by atoms with Crippen LogP contribution in [0.5, 0.6) is 0 Å². The lowest BCUT2D eigenvalue weighted by Crippen LogP contribution is -2.27. The average Bonchev–Trinajstić information content (AvgIpc) is 2.91. The normalized spacial score (nSPS) is 28.0. The van der Waals surface area contributed by atoms with Crippen molar-refractivity contribution in [3.8, 4) is 0 Å². The molecule has 4 nitrogen and oxygen atoms in total. The number of rotatable bonds is 1. The van der Waals surface area contributed by atoms with Gasteiger partial charge in [-0.05, 0) is 23.8 Å². The third kappa shape index (κ3) is 1.51. The summed E-state index contributed by atoms with van der Waals surface area (Å²) in [6.45, 7) is 1.33. The van der Waals surface area contributed by atoms with Crippen molar-refractivity contribution in [3.05, 3.63) is 22.7 Å². The van der Waals surface area contributed by atoms with Gasteiger partial charge in [-0.1, -0.05) is 6.08 Å². The van der Waals surface area contributed by atoms with Crippen LogP contribution in [0.2, 0.25) is 0 Å². The number of likely N-dealkylation sites (tertiary alicyclic amines) is 1. The molecule has 3 rings (SSSR count). The number of carboxylic acid groups (broad SMARTS) is 1. The van der Waals surface area contributed by atoms with Gasteiger partial charge in [0.05, 0.1) is 5.51 Å². The summed E-state index contributed by atoms with van der Waals surface area (Å²) in [6, 6.07) is 0. The largest absolute Gasteiger partial charge is 0.465 e. The molecule has 0 bridgehead atoms. The van der Waals surface area contributed by atoms with Crippen LogP contribution in [0.1, 0.15) is 11.3 Å². The van der Waals surface area contributed by atoms with Gasteiger partial charge in [0.1, 0.15) is 0 Å². The molecule has 0 spiro atoms. The zero-order chi connectivity index (χ0) is 11.1. The molecule has 1 aromatic rings. The monoisotopic (exact) mass is 236 g/mol. The fraction of sp³-hybridized carbons (Fsp3) is 0.455. The molecule has 0 aromatic carbocycles. The topological polar surface area (TPSA) is 53.4 Å². The summed E-state index contributed by atoms with van der Waals surface area (Å²) >= 11 is 1.66. The van der Waals surface area contributed by atoms with E-state index in [1.54, 1.807) is 11.3 Å². The second-order valence-electron chi connectivity index (χ2n) is 4.37. The van der Waals surface area contributed by atoms with Crippen LogP contribution in [0.4, 0.5) is 4.79 Å². The van der Waals surface area contributed by atoms with Crippen LogP contribution in [0.25, 0.3) is 5.57 Å². The molecule has 1 aliphatic carbocycles. The molecule has 0 saturated carbocycles. The van der Waals surface area contributed by atoms with Gasteiger partial charge in [0, 0.05) is 24.2 Å². The predicted octanol–water partition coefficient (Wildman–Crippen LogP) is 2.16. The molecule has 5 heteroatoms.